The van der Waals surface area contributed by atoms with Gasteiger partial charge in [-0.1, -0.05) is 12.2 Å². The molecule has 0 heterocycles. The third kappa shape index (κ3) is 0.898. The first kappa shape index (κ1) is 5.38. The average Bonchev–Trinajstić information content (AvgIpc) is 2.14. The van der Waals surface area contributed by atoms with Gasteiger partial charge in [0.05, 0.1) is 6.61 Å². The van der Waals surface area contributed by atoms with E-state index in [2.05, 4.69) is 0 Å². The van der Waals surface area contributed by atoms with Gasteiger partial charge in [0.25, 0.3) is 0 Å². The highest BCUT2D eigenvalue weighted by molar-refractivity contribution is 5.25. The monoisotopic (exact) mass is 111 g/mol. The number of aliphatic hydroxyl groups excluding tert-OH is 1. The Bertz CT molecular complexity index is 137. The van der Waals surface area contributed by atoms with Crippen LogP contribution in [0.25, 0.3) is 0 Å². The van der Waals surface area contributed by atoms with Crippen molar-refractivity contribution in [1.29, 1.82) is 0 Å². The van der Waals surface area contributed by atoms with Gasteiger partial charge in [0.2, 0.25) is 0 Å². The summed E-state index contributed by atoms with van der Waals surface area (Å²) in [5.41, 5.74) is 6.12. The van der Waals surface area contributed by atoms with Crippen molar-refractivity contribution < 1.29 is 5.11 Å². The SMILES string of the molecule is NC1=CC(CO)C=C1. The van der Waals surface area contributed by atoms with Crippen LogP contribution in [0.3, 0.4) is 0 Å². The van der Waals surface area contributed by atoms with Crippen LogP contribution in [0.5, 0.6) is 0 Å². The van der Waals surface area contributed by atoms with E-state index in [1.165, 1.54) is 0 Å². The highest BCUT2D eigenvalue weighted by Gasteiger charge is 2.03. The maximum Gasteiger partial charge on any atom is 0.0529 e. The van der Waals surface area contributed by atoms with E-state index in [9.17, 15) is 0 Å². The summed E-state index contributed by atoms with van der Waals surface area (Å²) < 4.78 is 0. The molecule has 2 heteroatoms. The predicted molar refractivity (Wildman–Crippen MR) is 32.0 cm³/mol. The van der Waals surface area contributed by atoms with Crippen LogP contribution in [0.15, 0.2) is 23.9 Å². The minimum absolute atomic E-state index is 0.162. The Balaban J connectivity index is 2.55. The van der Waals surface area contributed by atoms with Crippen LogP contribution in [-0.2, 0) is 0 Å². The Hall–Kier alpha value is -0.760. The number of allylic oxidation sites excluding steroid dienone is 1. The van der Waals surface area contributed by atoms with Gasteiger partial charge in [-0.05, 0) is 6.08 Å². The number of nitrogens with two attached hydrogens (primary N) is 1. The van der Waals surface area contributed by atoms with Gasteiger partial charge in [-0.25, -0.2) is 0 Å². The van der Waals surface area contributed by atoms with E-state index < -0.39 is 0 Å². The molecular formula is C6H9NO. The van der Waals surface area contributed by atoms with Crippen molar-refractivity contribution in [3.63, 3.8) is 0 Å². The molecule has 0 aliphatic heterocycles. The molecule has 0 aromatic heterocycles. The van der Waals surface area contributed by atoms with Crippen LogP contribution < -0.4 is 5.73 Å². The lowest BCUT2D eigenvalue weighted by Crippen LogP contribution is -1.96. The van der Waals surface area contributed by atoms with Crippen molar-refractivity contribution in [3.8, 4) is 0 Å². The summed E-state index contributed by atoms with van der Waals surface area (Å²) in [7, 11) is 0. The summed E-state index contributed by atoms with van der Waals surface area (Å²) in [5.74, 6) is 0.162. The highest BCUT2D eigenvalue weighted by atomic mass is 16.3. The molecule has 0 fully saturated rings. The second-order valence-electron chi connectivity index (χ2n) is 1.87. The summed E-state index contributed by atoms with van der Waals surface area (Å²) in [6.45, 7) is 0.164. The first-order valence-electron chi connectivity index (χ1n) is 2.59. The topological polar surface area (TPSA) is 46.2 Å². The van der Waals surface area contributed by atoms with Crippen LogP contribution in [0.1, 0.15) is 0 Å². The van der Waals surface area contributed by atoms with Gasteiger partial charge in [0, 0.05) is 11.6 Å². The number of hydrogen-bond donors (Lipinski definition) is 2. The fraction of sp³-hybridized carbons (Fsp3) is 0.333. The predicted octanol–water partition coefficient (Wildman–Crippen LogP) is 0.00730. The molecule has 0 spiro atoms. The molecule has 3 N–H and O–H groups in total. The molecule has 0 amide bonds. The molecular weight excluding hydrogens is 102 g/mol. The summed E-state index contributed by atoms with van der Waals surface area (Å²) in [6, 6.07) is 0. The molecule has 0 bridgehead atoms. The van der Waals surface area contributed by atoms with E-state index in [0.29, 0.717) is 0 Å². The molecule has 8 heavy (non-hydrogen) atoms. The molecule has 1 unspecified atom stereocenters. The van der Waals surface area contributed by atoms with Gasteiger partial charge in [-0.3, -0.25) is 0 Å². The maximum atomic E-state index is 8.53. The molecule has 1 aliphatic rings. The molecule has 2 nitrogen and oxygen atoms in total. The van der Waals surface area contributed by atoms with E-state index in [1.54, 1.807) is 6.08 Å². The first-order chi connectivity index (χ1) is 3.83. The van der Waals surface area contributed by atoms with Gasteiger partial charge in [0.1, 0.15) is 0 Å². The van der Waals surface area contributed by atoms with Crippen molar-refractivity contribution in [2.45, 2.75) is 0 Å². The lowest BCUT2D eigenvalue weighted by molar-refractivity contribution is 0.275. The fourth-order valence-corrected chi connectivity index (χ4v) is 0.707. The lowest BCUT2D eigenvalue weighted by atomic mass is 10.2. The van der Waals surface area contributed by atoms with Crippen LogP contribution in [0, 0.1) is 5.92 Å². The third-order valence-electron chi connectivity index (χ3n) is 1.15. The Morgan fingerprint density at radius 3 is 2.75 bits per heavy atom. The van der Waals surface area contributed by atoms with E-state index in [4.69, 9.17) is 10.8 Å². The Morgan fingerprint density at radius 2 is 2.50 bits per heavy atom. The zero-order valence-electron chi connectivity index (χ0n) is 4.54. The molecule has 0 saturated heterocycles. The first-order valence-corrected chi connectivity index (χ1v) is 2.59. The molecule has 0 saturated carbocycles. The van der Waals surface area contributed by atoms with Gasteiger partial charge in [-0.2, -0.15) is 0 Å². The summed E-state index contributed by atoms with van der Waals surface area (Å²) in [4.78, 5) is 0. The van der Waals surface area contributed by atoms with Crippen LogP contribution in [-0.4, -0.2) is 11.7 Å². The van der Waals surface area contributed by atoms with Crippen molar-refractivity contribution in [1.82, 2.24) is 0 Å². The van der Waals surface area contributed by atoms with Gasteiger partial charge in [0.15, 0.2) is 0 Å². The molecule has 0 radical (unpaired) electrons. The maximum absolute atomic E-state index is 8.53. The van der Waals surface area contributed by atoms with Crippen LogP contribution in [0.2, 0.25) is 0 Å². The average molecular weight is 111 g/mol. The number of rotatable bonds is 1. The normalized spacial score (nSPS) is 26.1. The van der Waals surface area contributed by atoms with Gasteiger partial charge < -0.3 is 10.8 Å². The van der Waals surface area contributed by atoms with Crippen molar-refractivity contribution in [2.75, 3.05) is 6.61 Å². The van der Waals surface area contributed by atoms with Crippen molar-refractivity contribution in [3.05, 3.63) is 23.9 Å². The number of hydrogen-bond acceptors (Lipinski definition) is 2. The molecule has 1 rings (SSSR count). The molecule has 0 aromatic carbocycles. The van der Waals surface area contributed by atoms with E-state index in [1.807, 2.05) is 12.2 Å². The third-order valence-corrected chi connectivity index (χ3v) is 1.15. The standard InChI is InChI=1S/C6H9NO/c7-6-2-1-5(3-6)4-8/h1-3,5,8H,4,7H2. The zero-order chi connectivity index (χ0) is 5.98. The molecule has 1 atom stereocenters. The van der Waals surface area contributed by atoms with E-state index in [-0.39, 0.29) is 12.5 Å². The summed E-state index contributed by atoms with van der Waals surface area (Å²) >= 11 is 0. The van der Waals surface area contributed by atoms with E-state index in [0.717, 1.165) is 5.70 Å². The molecule has 0 aromatic rings. The second-order valence-corrected chi connectivity index (χ2v) is 1.87. The lowest BCUT2D eigenvalue weighted by Gasteiger charge is -1.93. The molecule has 1 aliphatic carbocycles. The minimum Gasteiger partial charge on any atom is -0.399 e. The minimum atomic E-state index is 0.162. The van der Waals surface area contributed by atoms with Crippen LogP contribution >= 0.6 is 0 Å². The van der Waals surface area contributed by atoms with Crippen molar-refractivity contribution in [2.24, 2.45) is 11.7 Å². The largest absolute Gasteiger partial charge is 0.399 e. The van der Waals surface area contributed by atoms with Gasteiger partial charge in [-0.15, -0.1) is 0 Å². The van der Waals surface area contributed by atoms with Crippen LogP contribution in [0.4, 0.5) is 0 Å². The highest BCUT2D eigenvalue weighted by Crippen LogP contribution is 2.10. The quantitative estimate of drug-likeness (QED) is 0.500. The van der Waals surface area contributed by atoms with Crippen molar-refractivity contribution >= 4 is 0 Å². The number of aliphatic hydroxyl groups is 1. The summed E-state index contributed by atoms with van der Waals surface area (Å²) in [6.07, 6.45) is 5.52. The van der Waals surface area contributed by atoms with Gasteiger partial charge >= 0.3 is 0 Å². The second kappa shape index (κ2) is 2.01. The van der Waals surface area contributed by atoms with E-state index >= 15 is 0 Å². The molecule has 44 valence electrons. The Morgan fingerprint density at radius 1 is 1.75 bits per heavy atom. The fourth-order valence-electron chi connectivity index (χ4n) is 0.707. The summed E-state index contributed by atoms with van der Waals surface area (Å²) in [5, 5.41) is 8.53. The smallest absolute Gasteiger partial charge is 0.0529 e. The zero-order valence-corrected chi connectivity index (χ0v) is 4.54. The Labute approximate surface area is 48.3 Å². The Kier molecular flexibility index (Phi) is 1.35.